The van der Waals surface area contributed by atoms with E-state index in [2.05, 4.69) is 4.98 Å². The Kier molecular flexibility index (Phi) is 9.01. The Hall–Kier alpha value is -5.91. The van der Waals surface area contributed by atoms with Crippen LogP contribution in [-0.2, 0) is 12.4 Å². The SMILES string of the molecule is Cc1nc(F)c(F)c(/C(C#N)=C2\C(=C(C#N)c3c(F)c(F)c(C(F)(F)F)c(F)c3F)\C2=C(/C#N)c2c(F)c(F)c(C(F)(F)F)c(F)c2F)c1F. The maximum atomic E-state index is 15.0. The van der Waals surface area contributed by atoms with E-state index in [1.165, 1.54) is 0 Å². The van der Waals surface area contributed by atoms with Gasteiger partial charge in [-0.05, 0) is 6.92 Å². The molecular weight excluding hydrogens is 727 g/mol. The Bertz CT molecular complexity index is 2090. The lowest BCUT2D eigenvalue weighted by Gasteiger charge is -2.14. The number of aryl methyl sites for hydroxylation is 1. The van der Waals surface area contributed by atoms with Gasteiger partial charge in [0.15, 0.2) is 58.2 Å². The summed E-state index contributed by atoms with van der Waals surface area (Å²) >= 11 is 0. The van der Waals surface area contributed by atoms with E-state index in [1.807, 2.05) is 0 Å². The molecule has 0 saturated heterocycles. The fourth-order valence-electron chi connectivity index (χ4n) is 4.69. The second kappa shape index (κ2) is 12.2. The van der Waals surface area contributed by atoms with Crippen LogP contribution in [0, 0.1) is 105 Å². The molecule has 0 aliphatic heterocycles. The molecule has 0 atom stereocenters. The number of alkyl halides is 6. The van der Waals surface area contributed by atoms with Gasteiger partial charge in [-0.2, -0.15) is 46.5 Å². The Morgan fingerprint density at radius 1 is 0.440 bits per heavy atom. The van der Waals surface area contributed by atoms with Gasteiger partial charge in [0.1, 0.15) is 29.3 Å². The van der Waals surface area contributed by atoms with Gasteiger partial charge >= 0.3 is 12.4 Å². The summed E-state index contributed by atoms with van der Waals surface area (Å²) in [5.74, 6) is -31.7. The molecule has 3 aromatic rings. The highest BCUT2D eigenvalue weighted by Gasteiger charge is 2.49. The van der Waals surface area contributed by atoms with Crippen LogP contribution in [0.15, 0.2) is 16.7 Å². The van der Waals surface area contributed by atoms with Gasteiger partial charge in [0.05, 0.1) is 39.1 Å². The topological polar surface area (TPSA) is 84.3 Å². The summed E-state index contributed by atoms with van der Waals surface area (Å²) in [7, 11) is 0. The van der Waals surface area contributed by atoms with Crippen molar-refractivity contribution in [2.75, 3.05) is 0 Å². The quantitative estimate of drug-likeness (QED) is 0.117. The maximum Gasteiger partial charge on any atom is 0.422 e. The molecular formula is C29H3F17N4. The van der Waals surface area contributed by atoms with Crippen molar-refractivity contribution in [3.63, 3.8) is 0 Å². The van der Waals surface area contributed by atoms with E-state index >= 15 is 22.0 Å². The third kappa shape index (κ3) is 5.46. The molecule has 0 amide bonds. The summed E-state index contributed by atoms with van der Waals surface area (Å²) in [6, 6.07) is 2.48. The van der Waals surface area contributed by atoms with Crippen LogP contribution < -0.4 is 0 Å². The first-order valence-corrected chi connectivity index (χ1v) is 12.3. The van der Waals surface area contributed by atoms with Crippen molar-refractivity contribution in [3.8, 4) is 18.2 Å². The van der Waals surface area contributed by atoms with Crippen molar-refractivity contribution in [1.29, 1.82) is 15.8 Å². The van der Waals surface area contributed by atoms with Crippen LogP contribution in [0.5, 0.6) is 0 Å². The van der Waals surface area contributed by atoms with E-state index in [0.717, 1.165) is 18.2 Å². The third-order valence-electron chi connectivity index (χ3n) is 6.82. The number of benzene rings is 2. The smallest absolute Gasteiger partial charge is 0.219 e. The molecule has 4 rings (SSSR count). The number of allylic oxidation sites excluding steroid dienone is 6. The molecule has 1 heterocycles. The van der Waals surface area contributed by atoms with Gasteiger partial charge in [-0.1, -0.05) is 0 Å². The Morgan fingerprint density at radius 3 is 0.940 bits per heavy atom. The number of halogens is 17. The molecule has 21 heteroatoms. The average Bonchev–Trinajstić information content (AvgIpc) is 3.73. The number of hydrogen-bond acceptors (Lipinski definition) is 4. The molecule has 0 radical (unpaired) electrons. The third-order valence-corrected chi connectivity index (χ3v) is 6.82. The van der Waals surface area contributed by atoms with Crippen molar-refractivity contribution in [2.24, 2.45) is 0 Å². The zero-order chi connectivity index (χ0) is 38.1. The van der Waals surface area contributed by atoms with Crippen molar-refractivity contribution in [1.82, 2.24) is 4.98 Å². The van der Waals surface area contributed by atoms with Gasteiger partial charge in [0.2, 0.25) is 5.95 Å². The summed E-state index contributed by atoms with van der Waals surface area (Å²) in [5.41, 5.74) is -24.8. The molecule has 0 unspecified atom stereocenters. The fourth-order valence-corrected chi connectivity index (χ4v) is 4.69. The monoisotopic (exact) mass is 730 g/mol. The summed E-state index contributed by atoms with van der Waals surface area (Å²) < 4.78 is 241. The van der Waals surface area contributed by atoms with Crippen LogP contribution in [0.1, 0.15) is 33.5 Å². The van der Waals surface area contributed by atoms with Crippen LogP contribution in [0.4, 0.5) is 74.6 Å². The van der Waals surface area contributed by atoms with Crippen molar-refractivity contribution in [2.45, 2.75) is 19.3 Å². The van der Waals surface area contributed by atoms with E-state index < -0.39 is 143 Å². The van der Waals surface area contributed by atoms with E-state index in [4.69, 9.17) is 0 Å². The highest BCUT2D eigenvalue weighted by molar-refractivity contribution is 6.12. The molecule has 1 aliphatic rings. The molecule has 1 saturated carbocycles. The number of nitriles is 3. The summed E-state index contributed by atoms with van der Waals surface area (Å²) in [5, 5.41) is 29.2. The number of nitrogens with zero attached hydrogens (tertiary/aromatic N) is 4. The van der Waals surface area contributed by atoms with Crippen LogP contribution in [0.2, 0.25) is 0 Å². The largest absolute Gasteiger partial charge is 0.422 e. The fraction of sp³-hybridized carbons (Fsp3) is 0.103. The molecule has 258 valence electrons. The lowest BCUT2D eigenvalue weighted by Crippen LogP contribution is -2.17. The van der Waals surface area contributed by atoms with Gasteiger partial charge in [0.25, 0.3) is 0 Å². The second-order valence-corrected chi connectivity index (χ2v) is 9.58. The molecule has 1 fully saturated rings. The molecule has 0 N–H and O–H groups in total. The number of rotatable bonds is 3. The maximum absolute atomic E-state index is 15.0. The van der Waals surface area contributed by atoms with Crippen LogP contribution in [0.3, 0.4) is 0 Å². The first-order chi connectivity index (χ1) is 23.0. The van der Waals surface area contributed by atoms with E-state index in [1.54, 1.807) is 0 Å². The number of pyridine rings is 1. The van der Waals surface area contributed by atoms with Gasteiger partial charge in [-0.15, -0.1) is 0 Å². The molecule has 50 heavy (non-hydrogen) atoms. The van der Waals surface area contributed by atoms with E-state index in [9.17, 15) is 68.5 Å². The lowest BCUT2D eigenvalue weighted by molar-refractivity contribution is -0.144. The predicted molar refractivity (Wildman–Crippen MR) is 129 cm³/mol. The van der Waals surface area contributed by atoms with E-state index in [0.29, 0.717) is 6.92 Å². The van der Waals surface area contributed by atoms with Crippen molar-refractivity contribution < 1.29 is 74.6 Å². The van der Waals surface area contributed by atoms with Gasteiger partial charge in [0, 0.05) is 16.7 Å². The van der Waals surface area contributed by atoms with Crippen LogP contribution in [-0.4, -0.2) is 4.98 Å². The lowest BCUT2D eigenvalue weighted by atomic mass is 9.98. The van der Waals surface area contributed by atoms with Crippen LogP contribution >= 0.6 is 0 Å². The number of aromatic nitrogens is 1. The summed E-state index contributed by atoms with van der Waals surface area (Å²) in [4.78, 5) is 2.78. The van der Waals surface area contributed by atoms with E-state index in [-0.39, 0.29) is 0 Å². The Balaban J connectivity index is 2.35. The zero-order valence-electron chi connectivity index (χ0n) is 23.2. The molecule has 0 bridgehead atoms. The highest BCUT2D eigenvalue weighted by atomic mass is 19.4. The van der Waals surface area contributed by atoms with Gasteiger partial charge in [-0.3, -0.25) is 0 Å². The van der Waals surface area contributed by atoms with Crippen molar-refractivity contribution in [3.05, 3.63) is 114 Å². The summed E-state index contributed by atoms with van der Waals surface area (Å²) in [6.45, 7) is 0.639. The summed E-state index contributed by atoms with van der Waals surface area (Å²) in [6.07, 6.45) is -12.3. The van der Waals surface area contributed by atoms with Gasteiger partial charge < -0.3 is 0 Å². The zero-order valence-corrected chi connectivity index (χ0v) is 23.2. The first kappa shape index (κ1) is 36.9. The first-order valence-electron chi connectivity index (χ1n) is 12.3. The molecule has 2 aromatic carbocycles. The van der Waals surface area contributed by atoms with Crippen LogP contribution in [0.25, 0.3) is 16.7 Å². The Labute approximate surface area is 264 Å². The highest BCUT2D eigenvalue weighted by Crippen LogP contribution is 2.57. The molecule has 4 nitrogen and oxygen atoms in total. The normalized spacial score (nSPS) is 16.1. The minimum atomic E-state index is -6.16. The number of hydrogen-bond donors (Lipinski definition) is 0. The van der Waals surface area contributed by atoms with Crippen molar-refractivity contribution >= 4 is 16.7 Å². The minimum Gasteiger partial charge on any atom is -0.219 e. The predicted octanol–water partition coefficient (Wildman–Crippen LogP) is 9.20. The van der Waals surface area contributed by atoms with Gasteiger partial charge in [-0.25, -0.2) is 48.9 Å². The standard InChI is InChI=1S/C29H3F17N4/c1-5-17(30)12(22(35)27(40)50-5)6(2-47)9-10(7(3-48)13-18(31)23(36)15(28(41,42)43)24(37)19(13)32)11(9)8(4-49)14-20(33)25(38)16(29(44,45)46)26(39)21(14)34/h1H3/b9-6-,10-7+,11-8?. The average molecular weight is 730 g/mol. The Morgan fingerprint density at radius 2 is 0.700 bits per heavy atom. The second-order valence-electron chi connectivity index (χ2n) is 9.58. The minimum absolute atomic E-state index is 0.639. The molecule has 1 aliphatic carbocycles. The molecule has 0 spiro atoms. The molecule has 1 aromatic heterocycles.